The number of nitrogens with one attached hydrogen (secondary N) is 1. The third kappa shape index (κ3) is 35.8. The van der Waals surface area contributed by atoms with Crippen LogP contribution < -0.4 is 34.0 Å². The number of aliphatic imine (C=N–C) groups is 2. The second-order valence-electron chi connectivity index (χ2n) is 9.51. The van der Waals surface area contributed by atoms with E-state index in [1.54, 1.807) is 0 Å². The van der Waals surface area contributed by atoms with Crippen LogP contribution in [0.5, 0.6) is 0 Å². The van der Waals surface area contributed by atoms with E-state index in [9.17, 15) is 9.90 Å². The molecule has 0 rings (SSSR count). The summed E-state index contributed by atoms with van der Waals surface area (Å²) in [5.41, 5.74) is 26.9. The van der Waals surface area contributed by atoms with Gasteiger partial charge < -0.3 is 39.1 Å². The van der Waals surface area contributed by atoms with E-state index in [1.807, 2.05) is 0 Å². The van der Waals surface area contributed by atoms with Crippen LogP contribution in [0.1, 0.15) is 103 Å². The highest BCUT2D eigenvalue weighted by atomic mass is 32.3. The zero-order chi connectivity index (χ0) is 29.9. The average Bonchev–Trinajstić information content (AvgIpc) is 2.82. The highest BCUT2D eigenvalue weighted by molar-refractivity contribution is 7.79. The maximum Gasteiger partial charge on any atom is 0.394 e. The Morgan fingerprint density at radius 2 is 1.10 bits per heavy atom. The van der Waals surface area contributed by atoms with Gasteiger partial charge >= 0.3 is 10.4 Å². The van der Waals surface area contributed by atoms with Crippen molar-refractivity contribution < 1.29 is 27.4 Å². The molecule has 2 unspecified atom stereocenters. The molecule has 39 heavy (non-hydrogen) atoms. The Morgan fingerprint density at radius 3 is 1.54 bits per heavy atom. The first-order valence-electron chi connectivity index (χ1n) is 13.8. The minimum atomic E-state index is -4.67. The fourth-order valence-electron chi connectivity index (χ4n) is 3.87. The number of hydrogen-bond donors (Lipinski definition) is 9. The van der Waals surface area contributed by atoms with Crippen molar-refractivity contribution in [3.63, 3.8) is 0 Å². The van der Waals surface area contributed by atoms with Gasteiger partial charge in [0, 0.05) is 19.5 Å². The molecule has 1 amide bonds. The molecular formula is C24H54N8O6S. The number of nitrogens with zero attached hydrogens (tertiary/aromatic N) is 2. The van der Waals surface area contributed by atoms with Gasteiger partial charge in [0.05, 0.1) is 12.1 Å². The van der Waals surface area contributed by atoms with Gasteiger partial charge in [-0.3, -0.25) is 23.9 Å². The molecule has 232 valence electrons. The molecule has 0 radical (unpaired) electrons. The first-order chi connectivity index (χ1) is 18.4. The molecule has 2 atom stereocenters. The van der Waals surface area contributed by atoms with Crippen LogP contribution in [-0.2, 0) is 15.2 Å². The van der Waals surface area contributed by atoms with Crippen molar-refractivity contribution in [2.75, 3.05) is 19.6 Å². The Morgan fingerprint density at radius 1 is 0.692 bits per heavy atom. The fraction of sp³-hybridized carbons (Fsp3) is 0.875. The zero-order valence-corrected chi connectivity index (χ0v) is 24.2. The molecule has 0 aromatic carbocycles. The third-order valence-corrected chi connectivity index (χ3v) is 5.84. The molecule has 0 saturated heterocycles. The normalized spacial score (nSPS) is 12.5. The molecule has 0 bridgehead atoms. The van der Waals surface area contributed by atoms with Gasteiger partial charge in [-0.1, -0.05) is 57.8 Å². The molecule has 0 aromatic heterocycles. The van der Waals surface area contributed by atoms with E-state index in [0.29, 0.717) is 38.9 Å². The number of guanidine groups is 2. The van der Waals surface area contributed by atoms with Gasteiger partial charge in [0.25, 0.3) is 0 Å². The van der Waals surface area contributed by atoms with Crippen molar-refractivity contribution in [1.29, 1.82) is 0 Å². The first-order valence-corrected chi connectivity index (χ1v) is 15.2. The first kappa shape index (κ1) is 38.9. The predicted molar refractivity (Wildman–Crippen MR) is 156 cm³/mol. The Labute approximate surface area is 234 Å². The van der Waals surface area contributed by atoms with Gasteiger partial charge in [-0.2, -0.15) is 8.42 Å². The smallest absolute Gasteiger partial charge is 0.391 e. The monoisotopic (exact) mass is 582 g/mol. The maximum absolute atomic E-state index is 12.4. The van der Waals surface area contributed by atoms with Crippen molar-refractivity contribution in [1.82, 2.24) is 5.32 Å². The molecule has 0 heterocycles. The number of unbranched alkanes of at least 4 members (excludes halogenated alkanes) is 10. The summed E-state index contributed by atoms with van der Waals surface area (Å²) in [6.07, 6.45) is 14.7. The van der Waals surface area contributed by atoms with Crippen molar-refractivity contribution in [3.8, 4) is 0 Å². The molecule has 14 N–H and O–H groups in total. The number of aliphatic hydroxyl groups excluding tert-OH is 1. The van der Waals surface area contributed by atoms with Crippen LogP contribution in [0.15, 0.2) is 9.98 Å². The Kier molecular flexibility index (Phi) is 26.0. The van der Waals surface area contributed by atoms with E-state index in [2.05, 4.69) is 15.3 Å². The number of carbonyl (C=O) groups is 1. The van der Waals surface area contributed by atoms with Gasteiger partial charge in [-0.05, 0) is 45.1 Å². The average molecular weight is 583 g/mol. The fourth-order valence-corrected chi connectivity index (χ4v) is 3.87. The Bertz CT molecular complexity index is 752. The van der Waals surface area contributed by atoms with E-state index in [0.717, 1.165) is 83.5 Å². The topological polar surface area (TPSA) is 279 Å². The summed E-state index contributed by atoms with van der Waals surface area (Å²) in [5.74, 6) is 0.320. The van der Waals surface area contributed by atoms with Crippen LogP contribution in [-0.4, -0.2) is 72.2 Å². The SMILES string of the molecule is NCCCC(NC(=O)CCCCCCCCN=C(N)N)C(O)CCCCCCCCN=C(N)N.O=S(=O)(O)O. The summed E-state index contributed by atoms with van der Waals surface area (Å²) in [4.78, 5) is 20.3. The van der Waals surface area contributed by atoms with Crippen LogP contribution in [0.4, 0.5) is 0 Å². The van der Waals surface area contributed by atoms with E-state index < -0.39 is 16.5 Å². The lowest BCUT2D eigenvalue weighted by molar-refractivity contribution is -0.122. The van der Waals surface area contributed by atoms with Gasteiger partial charge in [0.2, 0.25) is 5.91 Å². The number of aliphatic hydroxyl groups is 1. The van der Waals surface area contributed by atoms with Crippen LogP contribution in [0.2, 0.25) is 0 Å². The highest BCUT2D eigenvalue weighted by Gasteiger charge is 2.20. The molecule has 0 aliphatic carbocycles. The second kappa shape index (κ2) is 26.0. The van der Waals surface area contributed by atoms with Crippen LogP contribution >= 0.6 is 0 Å². The molecule has 0 fully saturated rings. The van der Waals surface area contributed by atoms with Crippen molar-refractivity contribution in [2.24, 2.45) is 38.7 Å². The Hall–Kier alpha value is -2.20. The summed E-state index contributed by atoms with van der Waals surface area (Å²) in [5, 5.41) is 13.7. The summed E-state index contributed by atoms with van der Waals surface area (Å²) in [6.45, 7) is 1.92. The summed E-state index contributed by atoms with van der Waals surface area (Å²) in [6, 6.07) is -0.217. The van der Waals surface area contributed by atoms with E-state index in [-0.39, 0.29) is 23.9 Å². The summed E-state index contributed by atoms with van der Waals surface area (Å²) >= 11 is 0. The maximum atomic E-state index is 12.4. The largest absolute Gasteiger partial charge is 0.394 e. The minimum Gasteiger partial charge on any atom is -0.391 e. The molecule has 0 aliphatic heterocycles. The minimum absolute atomic E-state index is 0.0228. The molecule has 0 saturated carbocycles. The Balaban J connectivity index is 0. The number of amides is 1. The number of nitrogens with two attached hydrogens (primary N) is 5. The van der Waals surface area contributed by atoms with Gasteiger partial charge in [-0.15, -0.1) is 0 Å². The third-order valence-electron chi connectivity index (χ3n) is 5.84. The van der Waals surface area contributed by atoms with E-state index >= 15 is 0 Å². The summed E-state index contributed by atoms with van der Waals surface area (Å²) in [7, 11) is -4.67. The van der Waals surface area contributed by atoms with Gasteiger partial charge in [0.1, 0.15) is 0 Å². The van der Waals surface area contributed by atoms with E-state index in [4.69, 9.17) is 46.2 Å². The second-order valence-corrected chi connectivity index (χ2v) is 10.4. The van der Waals surface area contributed by atoms with Crippen LogP contribution in [0.25, 0.3) is 0 Å². The molecule has 14 nitrogen and oxygen atoms in total. The molecule has 15 heteroatoms. The lowest BCUT2D eigenvalue weighted by Crippen LogP contribution is -2.43. The van der Waals surface area contributed by atoms with Crippen LogP contribution in [0, 0.1) is 0 Å². The molecule has 0 aromatic rings. The predicted octanol–water partition coefficient (Wildman–Crippen LogP) is 0.926. The lowest BCUT2D eigenvalue weighted by atomic mass is 9.98. The summed E-state index contributed by atoms with van der Waals surface area (Å²) < 4.78 is 31.6. The van der Waals surface area contributed by atoms with Crippen molar-refractivity contribution >= 4 is 28.2 Å². The van der Waals surface area contributed by atoms with Crippen LogP contribution in [0.3, 0.4) is 0 Å². The van der Waals surface area contributed by atoms with E-state index in [1.165, 1.54) is 0 Å². The number of hydrogen-bond acceptors (Lipinski definition) is 7. The number of carbonyl (C=O) groups excluding carboxylic acids is 1. The quantitative estimate of drug-likeness (QED) is 0.0353. The van der Waals surface area contributed by atoms with Gasteiger partial charge in [-0.25, -0.2) is 0 Å². The standard InChI is InChI=1S/C24H52N8O2.H2O4S/c25-17-13-14-20(21(33)15-9-5-1-3-7-11-18-30-23(26)27)32-22(34)16-10-6-2-4-8-12-19-31-24(28)29;1-5(2,3)4/h20-21,33H,1-19,25H2,(H,32,34)(H4,26,27,30)(H4,28,29,31);(H2,1,2,3,4). The van der Waals surface area contributed by atoms with Crippen molar-refractivity contribution in [2.45, 2.75) is 115 Å². The highest BCUT2D eigenvalue weighted by Crippen LogP contribution is 2.14. The van der Waals surface area contributed by atoms with Gasteiger partial charge in [0.15, 0.2) is 11.9 Å². The molecule has 0 aliphatic rings. The lowest BCUT2D eigenvalue weighted by Gasteiger charge is -2.24. The number of rotatable bonds is 23. The van der Waals surface area contributed by atoms with Crippen molar-refractivity contribution in [3.05, 3.63) is 0 Å². The molecular weight excluding hydrogens is 528 g/mol. The zero-order valence-electron chi connectivity index (χ0n) is 23.3. The molecule has 0 spiro atoms.